The Labute approximate surface area is 208 Å². The molecule has 0 bridgehead atoms. The van der Waals surface area contributed by atoms with Crippen molar-refractivity contribution in [2.24, 2.45) is 0 Å². The lowest BCUT2D eigenvalue weighted by molar-refractivity contribution is -0.159. The van der Waals surface area contributed by atoms with E-state index >= 15 is 0 Å². The van der Waals surface area contributed by atoms with Gasteiger partial charge in [-0.05, 0) is 39.0 Å². The van der Waals surface area contributed by atoms with E-state index in [4.69, 9.17) is 37.4 Å². The average Bonchev–Trinajstić information content (AvgIpc) is 3.19. The molecule has 0 fully saturated rings. The van der Waals surface area contributed by atoms with Crippen LogP contribution in [0.25, 0.3) is 16.8 Å². The van der Waals surface area contributed by atoms with Crippen molar-refractivity contribution in [1.29, 1.82) is 0 Å². The smallest absolute Gasteiger partial charge is 0.329 e. The van der Waals surface area contributed by atoms with Crippen LogP contribution in [0.3, 0.4) is 0 Å². The summed E-state index contributed by atoms with van der Waals surface area (Å²) in [6.45, 7) is 5.58. The number of rotatable bonds is 8. The lowest BCUT2D eigenvalue weighted by Crippen LogP contribution is -2.35. The number of carbonyl (C=O) groups excluding carboxylic acids is 1. The van der Waals surface area contributed by atoms with Crippen LogP contribution in [-0.2, 0) is 14.3 Å². The molecule has 182 valence electrons. The SMILES string of the molecule is COCCC(C(=O)OC(C)(C)C)n1cc(OC)c(-c2cc(Cl)ccc2-n2cnc(Cl)c2)cc1=O. The fourth-order valence-electron chi connectivity index (χ4n) is 3.49. The predicted molar refractivity (Wildman–Crippen MR) is 131 cm³/mol. The molecule has 0 N–H and O–H groups in total. The van der Waals surface area contributed by atoms with Crippen molar-refractivity contribution in [2.45, 2.75) is 38.8 Å². The maximum Gasteiger partial charge on any atom is 0.329 e. The molecule has 3 aromatic rings. The van der Waals surface area contributed by atoms with Gasteiger partial charge in [-0.2, -0.15) is 0 Å². The average molecular weight is 508 g/mol. The van der Waals surface area contributed by atoms with Crippen LogP contribution >= 0.6 is 23.2 Å². The van der Waals surface area contributed by atoms with Crippen molar-refractivity contribution in [3.8, 4) is 22.6 Å². The van der Waals surface area contributed by atoms with Gasteiger partial charge in [0.1, 0.15) is 28.9 Å². The first-order valence-corrected chi connectivity index (χ1v) is 11.3. The zero-order chi connectivity index (χ0) is 25.0. The predicted octanol–water partition coefficient (Wildman–Crippen LogP) is 4.94. The third-order valence-corrected chi connectivity index (χ3v) is 5.38. The molecular weight excluding hydrogens is 481 g/mol. The van der Waals surface area contributed by atoms with Gasteiger partial charge in [-0.25, -0.2) is 9.78 Å². The zero-order valence-electron chi connectivity index (χ0n) is 19.7. The lowest BCUT2D eigenvalue weighted by Gasteiger charge is -2.25. The van der Waals surface area contributed by atoms with Crippen molar-refractivity contribution in [3.05, 3.63) is 63.5 Å². The van der Waals surface area contributed by atoms with Gasteiger partial charge in [0.25, 0.3) is 5.56 Å². The quantitative estimate of drug-likeness (QED) is 0.401. The van der Waals surface area contributed by atoms with Crippen LogP contribution in [0.4, 0.5) is 0 Å². The molecule has 0 radical (unpaired) electrons. The van der Waals surface area contributed by atoms with Gasteiger partial charge in [-0.3, -0.25) is 9.36 Å². The number of esters is 1. The molecule has 3 rings (SSSR count). The number of carbonyl (C=O) groups is 1. The number of ether oxygens (including phenoxy) is 3. The van der Waals surface area contributed by atoms with Crippen LogP contribution in [-0.4, -0.2) is 46.5 Å². The summed E-state index contributed by atoms with van der Waals surface area (Å²) in [5.41, 5.74) is 0.714. The number of imidazole rings is 1. The molecule has 0 aliphatic carbocycles. The monoisotopic (exact) mass is 507 g/mol. The van der Waals surface area contributed by atoms with Crippen LogP contribution in [0.5, 0.6) is 5.75 Å². The second-order valence-corrected chi connectivity index (χ2v) is 9.42. The van der Waals surface area contributed by atoms with E-state index in [0.29, 0.717) is 32.7 Å². The van der Waals surface area contributed by atoms with Crippen molar-refractivity contribution in [3.63, 3.8) is 0 Å². The highest BCUT2D eigenvalue weighted by atomic mass is 35.5. The Morgan fingerprint density at radius 1 is 1.12 bits per heavy atom. The van der Waals surface area contributed by atoms with E-state index in [1.807, 2.05) is 0 Å². The Bertz CT molecular complexity index is 1230. The second kappa shape index (κ2) is 10.6. The summed E-state index contributed by atoms with van der Waals surface area (Å²) in [5, 5.41) is 0.796. The van der Waals surface area contributed by atoms with Crippen LogP contribution < -0.4 is 10.3 Å². The molecule has 1 atom stereocenters. The maximum absolute atomic E-state index is 13.3. The zero-order valence-corrected chi connectivity index (χ0v) is 21.2. The molecule has 2 heterocycles. The number of pyridine rings is 1. The van der Waals surface area contributed by atoms with Crippen LogP contribution in [0.2, 0.25) is 10.2 Å². The van der Waals surface area contributed by atoms with E-state index in [0.717, 1.165) is 0 Å². The summed E-state index contributed by atoms with van der Waals surface area (Å²) >= 11 is 12.3. The Morgan fingerprint density at radius 2 is 1.85 bits per heavy atom. The molecular formula is C24H27Cl2N3O5. The van der Waals surface area contributed by atoms with Gasteiger partial charge in [0.2, 0.25) is 0 Å². The van der Waals surface area contributed by atoms with Gasteiger partial charge in [-0.1, -0.05) is 23.2 Å². The Morgan fingerprint density at radius 3 is 2.44 bits per heavy atom. The first-order chi connectivity index (χ1) is 16.0. The van der Waals surface area contributed by atoms with Crippen LogP contribution in [0.1, 0.15) is 33.2 Å². The summed E-state index contributed by atoms with van der Waals surface area (Å²) < 4.78 is 19.4. The topological polar surface area (TPSA) is 84.6 Å². The van der Waals surface area contributed by atoms with Gasteiger partial charge in [0.05, 0.1) is 19.0 Å². The van der Waals surface area contributed by atoms with E-state index in [-0.39, 0.29) is 13.0 Å². The van der Waals surface area contributed by atoms with Gasteiger partial charge in [0, 0.05) is 48.6 Å². The summed E-state index contributed by atoms with van der Waals surface area (Å²) in [4.78, 5) is 30.3. The summed E-state index contributed by atoms with van der Waals surface area (Å²) in [5.74, 6) is -0.154. The molecule has 0 spiro atoms. The standard InChI is InChI=1S/C24H27Cl2N3O5/c1-24(2,3)34-23(31)19(8-9-32-4)29-12-20(33-5)17(11-22(29)30)16-10-15(25)6-7-18(16)28-13-21(26)27-14-28/h6-7,10-14,19H,8-9H2,1-5H3. The van der Waals surface area contributed by atoms with Gasteiger partial charge in [-0.15, -0.1) is 0 Å². The number of benzene rings is 1. The van der Waals surface area contributed by atoms with E-state index in [2.05, 4.69) is 4.98 Å². The summed E-state index contributed by atoms with van der Waals surface area (Å²) in [6, 6.07) is 5.77. The van der Waals surface area contributed by atoms with Crippen LogP contribution in [0, 0.1) is 0 Å². The highest BCUT2D eigenvalue weighted by Crippen LogP contribution is 2.36. The van der Waals surface area contributed by atoms with Gasteiger partial charge >= 0.3 is 5.97 Å². The molecule has 1 unspecified atom stereocenters. The number of methoxy groups -OCH3 is 2. The highest BCUT2D eigenvalue weighted by molar-refractivity contribution is 6.31. The Balaban J connectivity index is 2.15. The number of nitrogens with zero attached hydrogens (tertiary/aromatic N) is 3. The number of halogens is 2. The molecule has 0 aliphatic heterocycles. The molecule has 8 nitrogen and oxygen atoms in total. The first-order valence-electron chi connectivity index (χ1n) is 10.6. The first kappa shape index (κ1) is 25.8. The Hall–Kier alpha value is -2.81. The third-order valence-electron chi connectivity index (χ3n) is 4.95. The largest absolute Gasteiger partial charge is 0.495 e. The minimum absolute atomic E-state index is 0.254. The van der Waals surface area contributed by atoms with E-state index in [1.165, 1.54) is 31.0 Å². The molecule has 0 saturated heterocycles. The van der Waals surface area contributed by atoms with Gasteiger partial charge in [0.15, 0.2) is 0 Å². The molecule has 0 amide bonds. The molecule has 34 heavy (non-hydrogen) atoms. The second-order valence-electron chi connectivity index (χ2n) is 8.60. The van der Waals surface area contributed by atoms with Crippen molar-refractivity contribution < 1.29 is 19.0 Å². The number of hydrogen-bond acceptors (Lipinski definition) is 6. The third kappa shape index (κ3) is 6.00. The fourth-order valence-corrected chi connectivity index (χ4v) is 3.82. The highest BCUT2D eigenvalue weighted by Gasteiger charge is 2.28. The maximum atomic E-state index is 13.3. The number of hydrogen-bond donors (Lipinski definition) is 0. The summed E-state index contributed by atoms with van der Waals surface area (Å²) in [6.07, 6.45) is 4.97. The van der Waals surface area contributed by atoms with E-state index < -0.39 is 23.2 Å². The summed E-state index contributed by atoms with van der Waals surface area (Å²) in [7, 11) is 3.02. The van der Waals surface area contributed by atoms with E-state index in [1.54, 1.807) is 56.1 Å². The minimum Gasteiger partial charge on any atom is -0.495 e. The Kier molecular flexibility index (Phi) is 8.07. The van der Waals surface area contributed by atoms with Crippen molar-refractivity contribution in [2.75, 3.05) is 20.8 Å². The normalized spacial score (nSPS) is 12.4. The fraction of sp³-hybridized carbons (Fsp3) is 0.375. The van der Waals surface area contributed by atoms with Crippen molar-refractivity contribution >= 4 is 29.2 Å². The van der Waals surface area contributed by atoms with Crippen molar-refractivity contribution in [1.82, 2.24) is 14.1 Å². The molecule has 1 aromatic carbocycles. The van der Waals surface area contributed by atoms with Crippen LogP contribution in [0.15, 0.2) is 47.8 Å². The number of aromatic nitrogens is 3. The lowest BCUT2D eigenvalue weighted by atomic mass is 10.0. The molecule has 0 aliphatic rings. The molecule has 10 heteroatoms. The van der Waals surface area contributed by atoms with Gasteiger partial charge < -0.3 is 18.8 Å². The molecule has 0 saturated carbocycles. The molecule has 2 aromatic heterocycles. The minimum atomic E-state index is -0.888. The van der Waals surface area contributed by atoms with E-state index in [9.17, 15) is 9.59 Å².